The van der Waals surface area contributed by atoms with Gasteiger partial charge in [-0.05, 0) is 32.5 Å². The van der Waals surface area contributed by atoms with Gasteiger partial charge in [0, 0.05) is 35.9 Å². The van der Waals surface area contributed by atoms with Crippen molar-refractivity contribution in [3.8, 4) is 0 Å². The SMILES string of the molecule is CN1CCCC1CNc1ccnc2c([N+](=O)[O-])cccc12. The Bertz CT molecular complexity index is 674. The molecule has 1 fully saturated rings. The smallest absolute Gasteiger partial charge is 0.295 e. The van der Waals surface area contributed by atoms with E-state index >= 15 is 0 Å². The van der Waals surface area contributed by atoms with E-state index in [1.165, 1.54) is 18.9 Å². The van der Waals surface area contributed by atoms with Crippen molar-refractivity contribution < 1.29 is 4.92 Å². The second-order valence-electron chi connectivity index (χ2n) is 5.45. The molecular weight excluding hydrogens is 268 g/mol. The van der Waals surface area contributed by atoms with Crippen molar-refractivity contribution in [2.45, 2.75) is 18.9 Å². The topological polar surface area (TPSA) is 71.3 Å². The number of nitro benzene ring substituents is 1. The number of non-ortho nitro benzene ring substituents is 1. The summed E-state index contributed by atoms with van der Waals surface area (Å²) in [5.41, 5.74) is 1.39. The second-order valence-corrected chi connectivity index (χ2v) is 5.45. The minimum atomic E-state index is -0.385. The van der Waals surface area contributed by atoms with Crippen LogP contribution >= 0.6 is 0 Å². The maximum absolute atomic E-state index is 11.1. The van der Waals surface area contributed by atoms with Crippen LogP contribution in [-0.4, -0.2) is 41.0 Å². The molecule has 1 unspecified atom stereocenters. The molecule has 21 heavy (non-hydrogen) atoms. The third-order valence-electron chi connectivity index (χ3n) is 4.15. The van der Waals surface area contributed by atoms with E-state index in [4.69, 9.17) is 0 Å². The number of para-hydroxylation sites is 1. The monoisotopic (exact) mass is 286 g/mol. The summed E-state index contributed by atoms with van der Waals surface area (Å²) in [5.74, 6) is 0. The first-order valence-electron chi connectivity index (χ1n) is 7.13. The molecule has 1 saturated heterocycles. The number of nitrogens with zero attached hydrogens (tertiary/aromatic N) is 3. The van der Waals surface area contributed by atoms with Crippen LogP contribution in [0, 0.1) is 10.1 Å². The fourth-order valence-corrected chi connectivity index (χ4v) is 2.93. The molecule has 0 aliphatic carbocycles. The minimum absolute atomic E-state index is 0.0501. The molecule has 3 rings (SSSR count). The molecule has 2 heterocycles. The zero-order chi connectivity index (χ0) is 14.8. The Hall–Kier alpha value is -2.21. The summed E-state index contributed by atoms with van der Waals surface area (Å²) in [5, 5.41) is 15.3. The summed E-state index contributed by atoms with van der Waals surface area (Å²) in [6.45, 7) is 1.98. The molecule has 6 nitrogen and oxygen atoms in total. The number of likely N-dealkylation sites (tertiary alicyclic amines) is 1. The second kappa shape index (κ2) is 5.65. The summed E-state index contributed by atoms with van der Waals surface area (Å²) < 4.78 is 0. The van der Waals surface area contributed by atoms with Crippen LogP contribution in [0.2, 0.25) is 0 Å². The molecule has 2 aromatic rings. The van der Waals surface area contributed by atoms with Crippen LogP contribution in [0.5, 0.6) is 0 Å². The van der Waals surface area contributed by atoms with Crippen molar-refractivity contribution in [1.29, 1.82) is 0 Å². The number of anilines is 1. The average molecular weight is 286 g/mol. The highest BCUT2D eigenvalue weighted by atomic mass is 16.6. The largest absolute Gasteiger partial charge is 0.383 e. The van der Waals surface area contributed by atoms with Gasteiger partial charge < -0.3 is 10.2 Å². The van der Waals surface area contributed by atoms with Gasteiger partial charge in [0.2, 0.25) is 0 Å². The Balaban J connectivity index is 1.88. The molecular formula is C15H18N4O2. The Morgan fingerprint density at radius 2 is 2.33 bits per heavy atom. The number of aromatic nitrogens is 1. The van der Waals surface area contributed by atoms with Gasteiger partial charge in [0.05, 0.1) is 4.92 Å². The summed E-state index contributed by atoms with van der Waals surface area (Å²) >= 11 is 0. The highest BCUT2D eigenvalue weighted by Crippen LogP contribution is 2.28. The molecule has 0 saturated carbocycles. The number of nitrogens with one attached hydrogen (secondary N) is 1. The lowest BCUT2D eigenvalue weighted by Crippen LogP contribution is -2.31. The first-order valence-corrected chi connectivity index (χ1v) is 7.13. The van der Waals surface area contributed by atoms with E-state index < -0.39 is 0 Å². The van der Waals surface area contributed by atoms with E-state index in [0.717, 1.165) is 24.2 Å². The zero-order valence-electron chi connectivity index (χ0n) is 12.0. The molecule has 6 heteroatoms. The van der Waals surface area contributed by atoms with Gasteiger partial charge in [-0.25, -0.2) is 4.98 Å². The van der Waals surface area contributed by atoms with E-state index in [-0.39, 0.29) is 10.6 Å². The maximum atomic E-state index is 11.1. The third kappa shape index (κ3) is 2.67. The standard InChI is InChI=1S/C15H18N4O2/c1-18-9-3-4-11(18)10-17-13-7-8-16-15-12(13)5-2-6-14(15)19(20)21/h2,5-8,11H,3-4,9-10H2,1H3,(H,16,17). The van der Waals surface area contributed by atoms with Crippen LogP contribution in [0.3, 0.4) is 0 Å². The zero-order valence-corrected chi connectivity index (χ0v) is 12.0. The Kier molecular flexibility index (Phi) is 3.70. The summed E-state index contributed by atoms with van der Waals surface area (Å²) in [7, 11) is 2.13. The summed E-state index contributed by atoms with van der Waals surface area (Å²) in [6.07, 6.45) is 4.04. The molecule has 0 spiro atoms. The molecule has 0 bridgehead atoms. The Morgan fingerprint density at radius 3 is 3.05 bits per heavy atom. The van der Waals surface area contributed by atoms with E-state index in [1.54, 1.807) is 12.3 Å². The van der Waals surface area contributed by atoms with E-state index in [9.17, 15) is 10.1 Å². The van der Waals surface area contributed by atoms with Crippen LogP contribution < -0.4 is 5.32 Å². The van der Waals surface area contributed by atoms with Crippen LogP contribution in [0.4, 0.5) is 11.4 Å². The molecule has 110 valence electrons. The van der Waals surface area contributed by atoms with Crippen LogP contribution in [0.15, 0.2) is 30.5 Å². The van der Waals surface area contributed by atoms with Crippen molar-refractivity contribution >= 4 is 22.3 Å². The highest BCUT2D eigenvalue weighted by molar-refractivity contribution is 5.96. The predicted octanol–water partition coefficient (Wildman–Crippen LogP) is 2.65. The average Bonchev–Trinajstić information content (AvgIpc) is 2.89. The van der Waals surface area contributed by atoms with Gasteiger partial charge in [-0.1, -0.05) is 12.1 Å². The molecule has 1 aromatic heterocycles. The van der Waals surface area contributed by atoms with Gasteiger partial charge in [-0.2, -0.15) is 0 Å². The van der Waals surface area contributed by atoms with Crippen molar-refractivity contribution in [3.05, 3.63) is 40.6 Å². The molecule has 1 aromatic carbocycles. The number of fused-ring (bicyclic) bond motifs is 1. The van der Waals surface area contributed by atoms with Crippen molar-refractivity contribution in [1.82, 2.24) is 9.88 Å². The van der Waals surface area contributed by atoms with Gasteiger partial charge in [0.15, 0.2) is 0 Å². The van der Waals surface area contributed by atoms with E-state index in [1.807, 2.05) is 12.1 Å². The fourth-order valence-electron chi connectivity index (χ4n) is 2.93. The quantitative estimate of drug-likeness (QED) is 0.691. The van der Waals surface area contributed by atoms with Gasteiger partial charge in [0.25, 0.3) is 5.69 Å². The van der Waals surface area contributed by atoms with E-state index in [0.29, 0.717) is 11.6 Å². The Labute approximate surface area is 122 Å². The van der Waals surface area contributed by atoms with Gasteiger partial charge in [-0.15, -0.1) is 0 Å². The number of benzene rings is 1. The molecule has 1 aliphatic rings. The lowest BCUT2D eigenvalue weighted by atomic mass is 10.1. The van der Waals surface area contributed by atoms with E-state index in [2.05, 4.69) is 22.2 Å². The van der Waals surface area contributed by atoms with Gasteiger partial charge >= 0.3 is 0 Å². The number of likely N-dealkylation sites (N-methyl/N-ethyl adjacent to an activating group) is 1. The highest BCUT2D eigenvalue weighted by Gasteiger charge is 2.21. The predicted molar refractivity (Wildman–Crippen MR) is 82.5 cm³/mol. The number of rotatable bonds is 4. The first kappa shape index (κ1) is 13.8. The maximum Gasteiger partial charge on any atom is 0.295 e. The Morgan fingerprint density at radius 1 is 1.48 bits per heavy atom. The van der Waals surface area contributed by atoms with Crippen molar-refractivity contribution in [2.24, 2.45) is 0 Å². The fraction of sp³-hybridized carbons (Fsp3) is 0.400. The molecule has 1 atom stereocenters. The van der Waals surface area contributed by atoms with Crippen LogP contribution in [0.1, 0.15) is 12.8 Å². The molecule has 0 radical (unpaired) electrons. The molecule has 1 N–H and O–H groups in total. The summed E-state index contributed by atoms with van der Waals surface area (Å²) in [6, 6.07) is 7.46. The molecule has 1 aliphatic heterocycles. The lowest BCUT2D eigenvalue weighted by molar-refractivity contribution is -0.383. The summed E-state index contributed by atoms with van der Waals surface area (Å²) in [4.78, 5) is 17.2. The number of hydrogen-bond donors (Lipinski definition) is 1. The normalized spacial score (nSPS) is 19.0. The third-order valence-corrected chi connectivity index (χ3v) is 4.15. The van der Waals surface area contributed by atoms with Crippen molar-refractivity contribution in [2.75, 3.05) is 25.5 Å². The van der Waals surface area contributed by atoms with Crippen LogP contribution in [-0.2, 0) is 0 Å². The van der Waals surface area contributed by atoms with Crippen LogP contribution in [0.25, 0.3) is 10.9 Å². The number of hydrogen-bond acceptors (Lipinski definition) is 5. The van der Waals surface area contributed by atoms with Gasteiger partial charge in [-0.3, -0.25) is 10.1 Å². The number of pyridine rings is 1. The number of nitro groups is 1. The van der Waals surface area contributed by atoms with Crippen molar-refractivity contribution in [3.63, 3.8) is 0 Å². The first-order chi connectivity index (χ1) is 10.2. The lowest BCUT2D eigenvalue weighted by Gasteiger charge is -2.20. The molecule has 0 amide bonds. The minimum Gasteiger partial charge on any atom is -0.383 e. The van der Waals surface area contributed by atoms with Gasteiger partial charge in [0.1, 0.15) is 5.52 Å².